The van der Waals surface area contributed by atoms with Gasteiger partial charge in [-0.2, -0.15) is 5.26 Å². The Morgan fingerprint density at radius 1 is 1.17 bits per heavy atom. The summed E-state index contributed by atoms with van der Waals surface area (Å²) in [6, 6.07) is 6.64. The number of nitrogens with zero attached hydrogens (tertiary/aromatic N) is 3. The zero-order valence-corrected chi connectivity index (χ0v) is 35.6. The zero-order valence-electron chi connectivity index (χ0n) is 34.8. The summed E-state index contributed by atoms with van der Waals surface area (Å²) >= 11 is 1.53. The van der Waals surface area contributed by atoms with Crippen LogP contribution in [0.15, 0.2) is 41.4 Å². The number of aromatic nitrogens is 1. The molecule has 5 unspecified atom stereocenters. The van der Waals surface area contributed by atoms with Gasteiger partial charge in [0.15, 0.2) is 22.8 Å². The maximum absolute atomic E-state index is 15.3. The van der Waals surface area contributed by atoms with Gasteiger partial charge in [-0.15, -0.1) is 11.8 Å². The summed E-state index contributed by atoms with van der Waals surface area (Å²) in [5.41, 5.74) is 8.26. The van der Waals surface area contributed by atoms with Crippen LogP contribution >= 0.6 is 11.8 Å². The number of nitrogens with two attached hydrogens (primary N) is 1. The Morgan fingerprint density at radius 2 is 1.95 bits per heavy atom. The molecule has 0 saturated carbocycles. The number of H-pyrrole nitrogens is 1. The van der Waals surface area contributed by atoms with Gasteiger partial charge in [-0.05, 0) is 69.0 Å². The highest BCUT2D eigenvalue weighted by molar-refractivity contribution is 7.99. The number of piperazine rings is 1. The van der Waals surface area contributed by atoms with Crippen molar-refractivity contribution in [2.75, 3.05) is 53.5 Å². The number of likely N-dealkylation sites (N-methyl/N-ethyl adjacent to an activating group) is 1. The van der Waals surface area contributed by atoms with Crippen LogP contribution in [0.3, 0.4) is 0 Å². The fraction of sp³-hybridized carbons (Fsp3) is 0.523. The number of rotatable bonds is 4. The van der Waals surface area contributed by atoms with Crippen molar-refractivity contribution in [3.63, 3.8) is 0 Å². The Bertz CT molecular complexity index is 2500. The van der Waals surface area contributed by atoms with Crippen LogP contribution < -0.4 is 30.0 Å². The van der Waals surface area contributed by atoms with E-state index in [1.54, 1.807) is 14.2 Å². The van der Waals surface area contributed by atoms with E-state index in [0.717, 1.165) is 27.6 Å². The molecule has 2 aromatic carbocycles. The molecule has 60 heavy (non-hydrogen) atoms. The normalized spacial score (nSPS) is 35.1. The van der Waals surface area contributed by atoms with E-state index in [-0.39, 0.29) is 43.4 Å². The summed E-state index contributed by atoms with van der Waals surface area (Å²) in [7, 11) is 5.21. The van der Waals surface area contributed by atoms with E-state index < -0.39 is 51.8 Å². The third kappa shape index (κ3) is 5.04. The molecule has 5 N–H and O–H groups in total. The molecule has 1 spiro atoms. The first kappa shape index (κ1) is 39.2. The number of aliphatic hydroxyl groups excluding tert-OH is 1. The van der Waals surface area contributed by atoms with Crippen LogP contribution in [0.2, 0.25) is 0 Å². The fourth-order valence-corrected chi connectivity index (χ4v) is 13.8. The van der Waals surface area contributed by atoms with E-state index in [2.05, 4.69) is 39.2 Å². The molecule has 15 nitrogen and oxygen atoms in total. The van der Waals surface area contributed by atoms with Gasteiger partial charge in [0.1, 0.15) is 29.4 Å². The van der Waals surface area contributed by atoms with Gasteiger partial charge in [-0.25, -0.2) is 4.79 Å². The molecule has 316 valence electrons. The quantitative estimate of drug-likeness (QED) is 0.211. The summed E-state index contributed by atoms with van der Waals surface area (Å²) in [4.78, 5) is 36.5. The van der Waals surface area contributed by atoms with Gasteiger partial charge in [-0.1, -0.05) is 13.0 Å². The molecule has 9 aliphatic rings. The molecule has 1 aliphatic carbocycles. The number of carbonyl (C=O) groups excluding carboxylic acids is 2. The second-order valence-electron chi connectivity index (χ2n) is 17.6. The third-order valence-electron chi connectivity index (χ3n) is 14.5. The highest BCUT2D eigenvalue weighted by atomic mass is 32.2. The summed E-state index contributed by atoms with van der Waals surface area (Å²) in [6.07, 6.45) is 3.09. The number of esters is 2. The average Bonchev–Trinajstić information content (AvgIpc) is 3.83. The molecule has 0 radical (unpaired) electrons. The number of fused-ring (bicyclic) bond motifs is 8. The van der Waals surface area contributed by atoms with Crippen molar-refractivity contribution in [2.24, 2.45) is 17.1 Å². The van der Waals surface area contributed by atoms with Crippen molar-refractivity contribution in [1.82, 2.24) is 20.1 Å². The summed E-state index contributed by atoms with van der Waals surface area (Å²) < 4.78 is 36.8. The molecule has 16 heteroatoms. The van der Waals surface area contributed by atoms with E-state index in [1.807, 2.05) is 39.1 Å². The molecular formula is C44H50N6O9S. The Hall–Kier alpha value is -4.92. The number of benzene rings is 2. The molecule has 1 aromatic heterocycles. The maximum atomic E-state index is 15.3. The van der Waals surface area contributed by atoms with E-state index in [0.29, 0.717) is 65.0 Å². The number of nitriles is 1. The summed E-state index contributed by atoms with van der Waals surface area (Å²) in [5.74, 6) is 1.41. The van der Waals surface area contributed by atoms with Crippen molar-refractivity contribution in [2.45, 2.75) is 81.0 Å². The van der Waals surface area contributed by atoms with Crippen LogP contribution in [0.5, 0.6) is 23.0 Å². The molecular weight excluding hydrogens is 789 g/mol. The molecule has 8 aliphatic heterocycles. The minimum atomic E-state index is -1.39. The first-order valence-corrected chi connectivity index (χ1v) is 21.5. The lowest BCUT2D eigenvalue weighted by Gasteiger charge is -2.62. The summed E-state index contributed by atoms with van der Waals surface area (Å²) in [6.45, 7) is 7.62. The molecule has 3 aromatic rings. The second kappa shape index (κ2) is 13.5. The fourth-order valence-electron chi connectivity index (χ4n) is 12.1. The minimum Gasteiger partial charge on any atom is -0.508 e. The maximum Gasteiger partial charge on any atom is 0.333 e. The van der Waals surface area contributed by atoms with Crippen LogP contribution in [0.1, 0.15) is 66.4 Å². The van der Waals surface area contributed by atoms with Crippen LogP contribution in [0, 0.1) is 29.6 Å². The molecule has 12 rings (SSSR count). The molecule has 0 amide bonds. The lowest BCUT2D eigenvalue weighted by Crippen LogP contribution is -2.73. The first-order valence-electron chi connectivity index (χ1n) is 20.4. The largest absolute Gasteiger partial charge is 0.508 e. The topological polar surface area (TPSA) is 194 Å². The van der Waals surface area contributed by atoms with Gasteiger partial charge in [-0.3, -0.25) is 19.9 Å². The molecule has 4 saturated heterocycles. The average molecular weight is 839 g/mol. The van der Waals surface area contributed by atoms with Crippen molar-refractivity contribution < 1.29 is 43.1 Å². The van der Waals surface area contributed by atoms with Crippen LogP contribution in [0.4, 0.5) is 0 Å². The van der Waals surface area contributed by atoms with Crippen molar-refractivity contribution in [3.05, 3.63) is 69.3 Å². The molecule has 10 atom stereocenters. The molecule has 9 heterocycles. The highest BCUT2D eigenvalue weighted by Gasteiger charge is 2.70. The number of aliphatic hydroxyl groups is 1. The minimum absolute atomic E-state index is 0.0568. The van der Waals surface area contributed by atoms with Gasteiger partial charge < -0.3 is 44.2 Å². The van der Waals surface area contributed by atoms with Crippen molar-refractivity contribution in [1.29, 1.82) is 5.26 Å². The van der Waals surface area contributed by atoms with Crippen molar-refractivity contribution in [3.8, 4) is 29.1 Å². The number of carbonyl (C=O) groups is 2. The first-order chi connectivity index (χ1) is 28.8. The van der Waals surface area contributed by atoms with Crippen LogP contribution in [-0.2, 0) is 31.0 Å². The van der Waals surface area contributed by atoms with E-state index in [4.69, 9.17) is 34.2 Å². The predicted molar refractivity (Wildman–Crippen MR) is 221 cm³/mol. The monoisotopic (exact) mass is 838 g/mol. The Kier molecular flexibility index (Phi) is 8.85. The zero-order chi connectivity index (χ0) is 42.2. The van der Waals surface area contributed by atoms with Crippen LogP contribution in [0.25, 0.3) is 10.9 Å². The number of hydrogen-bond acceptors (Lipinski definition) is 15. The van der Waals surface area contributed by atoms with Crippen molar-refractivity contribution >= 4 is 34.6 Å². The van der Waals surface area contributed by atoms with Crippen LogP contribution in [-0.4, -0.2) is 109 Å². The highest BCUT2D eigenvalue weighted by Crippen LogP contribution is 2.67. The third-order valence-corrected chi connectivity index (χ3v) is 16.0. The lowest BCUT2D eigenvalue weighted by atomic mass is 9.63. The Morgan fingerprint density at radius 3 is 2.67 bits per heavy atom. The second-order valence-corrected chi connectivity index (χ2v) is 18.7. The summed E-state index contributed by atoms with van der Waals surface area (Å²) in [5, 5.41) is 28.2. The number of nitrogens with one attached hydrogen (secondary N) is 2. The van der Waals surface area contributed by atoms with E-state index in [1.165, 1.54) is 18.7 Å². The SMILES string of the molecule is COC1=C(O)C2(C)C(C=C1C)CC1(C#N)CN(C)C2[C@@H]2[C@@H]3SC[C@]4(N[C@@H](CN)Cc5c4[nH]c4ccc(OC)cc54)C(=O)OC[C@@H](c4c5c(c(C)c(OC(C)=O)c43)OCO5)N21. The van der Waals surface area contributed by atoms with E-state index in [9.17, 15) is 15.2 Å². The smallest absolute Gasteiger partial charge is 0.333 e. The molecule has 4 fully saturated rings. The number of hydrogen-bond donors (Lipinski definition) is 4. The predicted octanol–water partition coefficient (Wildman–Crippen LogP) is 4.54. The van der Waals surface area contributed by atoms with Gasteiger partial charge in [0, 0.05) is 71.5 Å². The number of methoxy groups -OCH3 is 2. The molecule has 4 bridgehead atoms. The number of aromatic amines is 1. The number of ether oxygens (including phenoxy) is 6. The standard InChI is InChI=1S/C44H50N6O9S/c1-20-10-23-13-43(16-46)17-49(5)39(42(23,4)40(52)33(20)55-7)32-37-31-30(36-35(57-19-58-36)21(2)34(31)59-22(3)51)29(50(32)43)15-56-41(53)44(18-60-37)38-27(11-24(14-45)48-44)26-12-25(54-6)8-9-28(26)47-38/h8-10,12,23-24,29,32,37,39,47-48,52H,11,13-15,17-19,45H2,1-7H3/t23?,24-,29+,32+,37-,39?,42?,43?,44-/m1/s1. The van der Waals surface area contributed by atoms with Gasteiger partial charge in [0.05, 0.1) is 42.7 Å². The van der Waals surface area contributed by atoms with E-state index >= 15 is 4.79 Å². The number of allylic oxidation sites excluding steroid dienone is 2. The Labute approximate surface area is 352 Å². The lowest BCUT2D eigenvalue weighted by molar-refractivity contribution is -0.159. The number of thioether (sulfide) groups is 1. The van der Waals surface area contributed by atoms with Gasteiger partial charge in [0.25, 0.3) is 0 Å². The van der Waals surface area contributed by atoms with Gasteiger partial charge in [0.2, 0.25) is 6.79 Å². The Balaban J connectivity index is 1.26. The van der Waals surface area contributed by atoms with Gasteiger partial charge >= 0.3 is 11.9 Å².